The van der Waals surface area contributed by atoms with Gasteiger partial charge < -0.3 is 10.3 Å². The Labute approximate surface area is 157 Å². The Morgan fingerprint density at radius 1 is 0.926 bits per heavy atom. The number of nitrogens with zero attached hydrogens (tertiary/aromatic N) is 1. The summed E-state index contributed by atoms with van der Waals surface area (Å²) < 4.78 is 0. The summed E-state index contributed by atoms with van der Waals surface area (Å²) in [6.45, 7) is 0.425. The van der Waals surface area contributed by atoms with Gasteiger partial charge in [0.2, 0.25) is 0 Å². The second kappa shape index (κ2) is 7.59. The maximum absolute atomic E-state index is 12.3. The van der Waals surface area contributed by atoms with Crippen LogP contribution in [0, 0.1) is 11.8 Å². The molecular weight excluding hydrogens is 334 g/mol. The van der Waals surface area contributed by atoms with E-state index in [1.807, 2.05) is 60.8 Å². The Morgan fingerprint density at radius 2 is 1.70 bits per heavy atom. The fraction of sp³-hybridized carbons (Fsp3) is 0.0435. The Bertz CT molecular complexity index is 1150. The average molecular weight is 351 g/mol. The zero-order chi connectivity index (χ0) is 18.5. The second-order valence-electron chi connectivity index (χ2n) is 6.05. The number of amides is 1. The van der Waals surface area contributed by atoms with Crippen LogP contribution in [0.2, 0.25) is 0 Å². The van der Waals surface area contributed by atoms with E-state index in [4.69, 9.17) is 0 Å². The smallest absolute Gasteiger partial charge is 0.251 e. The molecule has 4 aromatic rings. The van der Waals surface area contributed by atoms with Crippen molar-refractivity contribution in [1.29, 1.82) is 0 Å². The maximum atomic E-state index is 12.3. The Morgan fingerprint density at radius 3 is 2.59 bits per heavy atom. The highest BCUT2D eigenvalue weighted by Gasteiger charge is 2.06. The summed E-state index contributed by atoms with van der Waals surface area (Å²) in [5.74, 6) is 6.36. The number of hydrogen-bond donors (Lipinski definition) is 2. The number of carbonyl (C=O) groups is 1. The fourth-order valence-corrected chi connectivity index (χ4v) is 2.87. The van der Waals surface area contributed by atoms with Crippen LogP contribution in [0.4, 0.5) is 0 Å². The predicted molar refractivity (Wildman–Crippen MR) is 106 cm³/mol. The van der Waals surface area contributed by atoms with Crippen LogP contribution in [0.25, 0.3) is 11.0 Å². The minimum atomic E-state index is -0.0958. The molecule has 1 amide bonds. The van der Waals surface area contributed by atoms with Crippen LogP contribution in [0.5, 0.6) is 0 Å². The van der Waals surface area contributed by atoms with E-state index in [2.05, 4.69) is 27.1 Å². The molecule has 0 atom stereocenters. The van der Waals surface area contributed by atoms with Gasteiger partial charge in [0.15, 0.2) is 0 Å². The lowest BCUT2D eigenvalue weighted by Gasteiger charge is -2.07. The van der Waals surface area contributed by atoms with Crippen molar-refractivity contribution in [2.45, 2.75) is 6.54 Å². The van der Waals surface area contributed by atoms with Crippen LogP contribution < -0.4 is 5.32 Å². The molecule has 4 heteroatoms. The topological polar surface area (TPSA) is 57.8 Å². The lowest BCUT2D eigenvalue weighted by Crippen LogP contribution is -2.23. The third-order valence-electron chi connectivity index (χ3n) is 4.28. The number of pyridine rings is 1. The molecule has 2 N–H and O–H groups in total. The van der Waals surface area contributed by atoms with E-state index < -0.39 is 0 Å². The van der Waals surface area contributed by atoms with Crippen molar-refractivity contribution in [3.05, 3.63) is 101 Å². The minimum absolute atomic E-state index is 0.0958. The molecule has 0 aliphatic rings. The molecule has 4 rings (SSSR count). The van der Waals surface area contributed by atoms with Crippen LogP contribution >= 0.6 is 0 Å². The van der Waals surface area contributed by atoms with Gasteiger partial charge >= 0.3 is 0 Å². The molecule has 0 unspecified atom stereocenters. The summed E-state index contributed by atoms with van der Waals surface area (Å²) in [5, 5.41) is 3.96. The van der Waals surface area contributed by atoms with E-state index in [-0.39, 0.29) is 5.91 Å². The van der Waals surface area contributed by atoms with Crippen molar-refractivity contribution < 1.29 is 4.79 Å². The maximum Gasteiger partial charge on any atom is 0.251 e. The van der Waals surface area contributed by atoms with Gasteiger partial charge in [-0.15, -0.1) is 0 Å². The molecule has 27 heavy (non-hydrogen) atoms. The van der Waals surface area contributed by atoms with Gasteiger partial charge in [0, 0.05) is 41.0 Å². The van der Waals surface area contributed by atoms with Crippen LogP contribution in [-0.2, 0) is 6.54 Å². The summed E-state index contributed by atoms with van der Waals surface area (Å²) >= 11 is 0. The first kappa shape index (κ1) is 16.6. The third kappa shape index (κ3) is 3.73. The normalized spacial score (nSPS) is 10.2. The van der Waals surface area contributed by atoms with E-state index >= 15 is 0 Å². The van der Waals surface area contributed by atoms with Crippen LogP contribution in [0.1, 0.15) is 27.0 Å². The van der Waals surface area contributed by atoms with Gasteiger partial charge in [-0.1, -0.05) is 48.2 Å². The highest BCUT2D eigenvalue weighted by atomic mass is 16.1. The number of aromatic nitrogens is 2. The van der Waals surface area contributed by atoms with E-state index in [1.54, 1.807) is 18.3 Å². The molecule has 0 aliphatic heterocycles. The molecule has 2 heterocycles. The molecule has 0 radical (unpaired) electrons. The molecule has 2 aromatic carbocycles. The van der Waals surface area contributed by atoms with Crippen molar-refractivity contribution >= 4 is 16.9 Å². The van der Waals surface area contributed by atoms with Crippen molar-refractivity contribution in [3.8, 4) is 11.8 Å². The van der Waals surface area contributed by atoms with Gasteiger partial charge in [-0.3, -0.25) is 4.79 Å². The van der Waals surface area contributed by atoms with Gasteiger partial charge in [-0.25, -0.2) is 4.98 Å². The first-order valence-electron chi connectivity index (χ1n) is 8.66. The van der Waals surface area contributed by atoms with Gasteiger partial charge in [-0.05, 0) is 35.9 Å². The molecule has 0 aliphatic carbocycles. The first-order chi connectivity index (χ1) is 13.3. The first-order valence-corrected chi connectivity index (χ1v) is 8.66. The van der Waals surface area contributed by atoms with E-state index in [9.17, 15) is 4.79 Å². The summed E-state index contributed by atoms with van der Waals surface area (Å²) in [7, 11) is 0. The van der Waals surface area contributed by atoms with Crippen LogP contribution in [0.3, 0.4) is 0 Å². The number of rotatable bonds is 3. The third-order valence-corrected chi connectivity index (χ3v) is 4.28. The molecule has 0 saturated heterocycles. The predicted octanol–water partition coefficient (Wildman–Crippen LogP) is 3.89. The highest BCUT2D eigenvalue weighted by molar-refractivity contribution is 5.94. The number of fused-ring (bicyclic) bond motifs is 1. The molecule has 0 saturated carbocycles. The molecule has 0 spiro atoms. The standard InChI is InChI=1S/C23H17N3O/c27-23(19-7-2-1-3-8-19)26-16-20-9-5-4-6-17(20)10-11-18-12-14-24-22-21(18)13-15-25-22/h1-9,12-15H,16H2,(H,24,25)(H,26,27). The SMILES string of the molecule is O=C(NCc1ccccc1C#Cc1ccnc2[nH]ccc12)c1ccccc1. The Kier molecular flexibility index (Phi) is 4.67. The monoisotopic (exact) mass is 351 g/mol. The van der Waals surface area contributed by atoms with Gasteiger partial charge in [0.25, 0.3) is 5.91 Å². The van der Waals surface area contributed by atoms with Crippen molar-refractivity contribution in [1.82, 2.24) is 15.3 Å². The molecular formula is C23H17N3O. The lowest BCUT2D eigenvalue weighted by atomic mass is 10.1. The van der Waals surface area contributed by atoms with E-state index in [0.717, 1.165) is 27.7 Å². The van der Waals surface area contributed by atoms with Gasteiger partial charge in [-0.2, -0.15) is 0 Å². The average Bonchev–Trinajstić information content (AvgIpc) is 3.21. The molecule has 130 valence electrons. The number of nitrogens with one attached hydrogen (secondary N) is 2. The Balaban J connectivity index is 1.56. The van der Waals surface area contributed by atoms with Crippen molar-refractivity contribution in [2.75, 3.05) is 0 Å². The second-order valence-corrected chi connectivity index (χ2v) is 6.05. The molecule has 2 aromatic heterocycles. The summed E-state index contributed by atoms with van der Waals surface area (Å²) in [4.78, 5) is 19.6. The number of hydrogen-bond acceptors (Lipinski definition) is 2. The quantitative estimate of drug-likeness (QED) is 0.550. The largest absolute Gasteiger partial charge is 0.348 e. The van der Waals surface area contributed by atoms with Crippen molar-refractivity contribution in [3.63, 3.8) is 0 Å². The number of H-pyrrole nitrogens is 1. The number of benzene rings is 2. The van der Waals surface area contributed by atoms with Crippen LogP contribution in [0.15, 0.2) is 79.1 Å². The van der Waals surface area contributed by atoms with Crippen molar-refractivity contribution in [2.24, 2.45) is 0 Å². The van der Waals surface area contributed by atoms with E-state index in [0.29, 0.717) is 12.1 Å². The molecule has 4 nitrogen and oxygen atoms in total. The summed E-state index contributed by atoms with van der Waals surface area (Å²) in [6.07, 6.45) is 3.60. The minimum Gasteiger partial charge on any atom is -0.348 e. The summed E-state index contributed by atoms with van der Waals surface area (Å²) in [6, 6.07) is 20.9. The zero-order valence-electron chi connectivity index (χ0n) is 14.6. The van der Waals surface area contributed by atoms with Gasteiger partial charge in [0.1, 0.15) is 5.65 Å². The van der Waals surface area contributed by atoms with E-state index in [1.165, 1.54) is 0 Å². The Hall–Kier alpha value is -3.84. The lowest BCUT2D eigenvalue weighted by molar-refractivity contribution is 0.0951. The zero-order valence-corrected chi connectivity index (χ0v) is 14.6. The molecule has 0 bridgehead atoms. The van der Waals surface area contributed by atoms with Gasteiger partial charge in [0.05, 0.1) is 0 Å². The van der Waals surface area contributed by atoms with Crippen LogP contribution in [-0.4, -0.2) is 15.9 Å². The molecule has 0 fully saturated rings. The summed E-state index contributed by atoms with van der Waals surface area (Å²) in [5.41, 5.74) is 4.27. The highest BCUT2D eigenvalue weighted by Crippen LogP contribution is 2.14. The number of aromatic amines is 1. The number of carbonyl (C=O) groups excluding carboxylic acids is 1. The fourth-order valence-electron chi connectivity index (χ4n) is 2.87.